The molecular formula is C27H32N4O2S. The van der Waals surface area contributed by atoms with E-state index in [-0.39, 0.29) is 5.91 Å². The number of aromatic nitrogens is 2. The van der Waals surface area contributed by atoms with Gasteiger partial charge in [-0.05, 0) is 82.1 Å². The Morgan fingerprint density at radius 1 is 1.21 bits per heavy atom. The van der Waals surface area contributed by atoms with Crippen molar-refractivity contribution < 1.29 is 9.53 Å². The van der Waals surface area contributed by atoms with E-state index in [1.165, 1.54) is 25.8 Å². The van der Waals surface area contributed by atoms with Gasteiger partial charge in [0.15, 0.2) is 4.96 Å². The van der Waals surface area contributed by atoms with Gasteiger partial charge in [0.2, 0.25) is 0 Å². The number of benzene rings is 2. The van der Waals surface area contributed by atoms with Gasteiger partial charge in [0.25, 0.3) is 5.91 Å². The highest BCUT2D eigenvalue weighted by molar-refractivity contribution is 7.23. The lowest BCUT2D eigenvalue weighted by molar-refractivity contribution is 0.0949. The van der Waals surface area contributed by atoms with Crippen LogP contribution in [0.15, 0.2) is 48.7 Å². The van der Waals surface area contributed by atoms with Crippen molar-refractivity contribution in [2.45, 2.75) is 45.6 Å². The summed E-state index contributed by atoms with van der Waals surface area (Å²) >= 11 is 1.61. The molecule has 0 spiro atoms. The molecule has 6 nitrogen and oxygen atoms in total. The Hall–Kier alpha value is -2.90. The molecule has 0 radical (unpaired) electrons. The fourth-order valence-electron chi connectivity index (χ4n) is 4.75. The molecule has 1 N–H and O–H groups in total. The van der Waals surface area contributed by atoms with Gasteiger partial charge in [0.1, 0.15) is 5.75 Å². The molecule has 3 heterocycles. The summed E-state index contributed by atoms with van der Waals surface area (Å²) in [6, 6.07) is 14.6. The predicted molar refractivity (Wildman–Crippen MR) is 139 cm³/mol. The Balaban J connectivity index is 1.24. The Morgan fingerprint density at radius 2 is 2.06 bits per heavy atom. The van der Waals surface area contributed by atoms with Gasteiger partial charge in [-0.15, -0.1) is 0 Å². The molecule has 1 aliphatic rings. The first-order valence-corrected chi connectivity index (χ1v) is 13.1. The van der Waals surface area contributed by atoms with Crippen molar-refractivity contribution in [1.82, 2.24) is 19.6 Å². The van der Waals surface area contributed by atoms with Crippen LogP contribution in [0.5, 0.6) is 5.75 Å². The molecule has 1 aliphatic heterocycles. The Kier molecular flexibility index (Phi) is 6.83. The van der Waals surface area contributed by atoms with Crippen molar-refractivity contribution in [2.75, 3.05) is 26.2 Å². The standard InChI is InChI=1S/C27H32N4O2S/c1-3-33-22-11-8-20(9-12-22)23-18-31-24-13-10-21(17-25(24)34-27(31)29-23)26(32)28-14-6-16-30-15-5-4-7-19(30)2/h8-13,17-19H,3-7,14-16H2,1-2H3,(H,28,32). The summed E-state index contributed by atoms with van der Waals surface area (Å²) in [5, 5.41) is 3.10. The number of thiazole rings is 1. The number of carbonyl (C=O) groups is 1. The van der Waals surface area contributed by atoms with Crippen LogP contribution in [0, 0.1) is 0 Å². The van der Waals surface area contributed by atoms with Crippen LogP contribution in [0.25, 0.3) is 26.4 Å². The monoisotopic (exact) mass is 476 g/mol. The van der Waals surface area contributed by atoms with Gasteiger partial charge in [-0.3, -0.25) is 9.20 Å². The molecule has 0 saturated carbocycles. The minimum atomic E-state index is -0.00490. The number of nitrogens with zero attached hydrogens (tertiary/aromatic N) is 3. The number of amides is 1. The van der Waals surface area contributed by atoms with Gasteiger partial charge in [0.05, 0.1) is 22.5 Å². The molecule has 7 heteroatoms. The topological polar surface area (TPSA) is 58.9 Å². The molecule has 1 saturated heterocycles. The van der Waals surface area contributed by atoms with Crippen molar-refractivity contribution in [1.29, 1.82) is 0 Å². The van der Waals surface area contributed by atoms with Crippen molar-refractivity contribution >= 4 is 32.4 Å². The van der Waals surface area contributed by atoms with Crippen molar-refractivity contribution in [3.8, 4) is 17.0 Å². The van der Waals surface area contributed by atoms with E-state index in [0.717, 1.165) is 45.1 Å². The molecule has 5 rings (SSSR count). The summed E-state index contributed by atoms with van der Waals surface area (Å²) in [6.07, 6.45) is 6.97. The van der Waals surface area contributed by atoms with E-state index < -0.39 is 0 Å². The lowest BCUT2D eigenvalue weighted by Gasteiger charge is -2.33. The average Bonchev–Trinajstić information content (AvgIpc) is 3.41. The van der Waals surface area contributed by atoms with E-state index in [4.69, 9.17) is 9.72 Å². The average molecular weight is 477 g/mol. The number of imidazole rings is 1. The molecule has 0 bridgehead atoms. The molecule has 0 aliphatic carbocycles. The number of piperidine rings is 1. The number of likely N-dealkylation sites (tertiary alicyclic amines) is 1. The molecule has 178 valence electrons. The SMILES string of the molecule is CCOc1ccc(-c2cn3c(n2)sc2cc(C(=O)NCCCN4CCCCC4C)ccc23)cc1. The lowest BCUT2D eigenvalue weighted by atomic mass is 10.0. The molecule has 2 aromatic heterocycles. The third-order valence-corrected chi connectivity index (χ3v) is 7.68. The Labute approximate surface area is 204 Å². The largest absolute Gasteiger partial charge is 0.494 e. The van der Waals surface area contributed by atoms with Gasteiger partial charge >= 0.3 is 0 Å². The molecule has 4 aromatic rings. The first-order chi connectivity index (χ1) is 16.6. The van der Waals surface area contributed by atoms with Gasteiger partial charge in [-0.1, -0.05) is 17.8 Å². The van der Waals surface area contributed by atoms with Crippen LogP contribution in [0.2, 0.25) is 0 Å². The zero-order valence-corrected chi connectivity index (χ0v) is 20.7. The van der Waals surface area contributed by atoms with Gasteiger partial charge in [-0.25, -0.2) is 4.98 Å². The minimum Gasteiger partial charge on any atom is -0.494 e. The van der Waals surface area contributed by atoms with E-state index in [0.29, 0.717) is 24.8 Å². The van der Waals surface area contributed by atoms with E-state index >= 15 is 0 Å². The van der Waals surface area contributed by atoms with Crippen LogP contribution in [0.4, 0.5) is 0 Å². The van der Waals surface area contributed by atoms with Crippen molar-refractivity contribution in [3.05, 3.63) is 54.2 Å². The number of hydrogen-bond donors (Lipinski definition) is 1. The van der Waals surface area contributed by atoms with Gasteiger partial charge < -0.3 is 15.0 Å². The number of ether oxygens (including phenoxy) is 1. The van der Waals surface area contributed by atoms with Gasteiger partial charge in [-0.2, -0.15) is 0 Å². The molecule has 2 aromatic carbocycles. The van der Waals surface area contributed by atoms with Crippen LogP contribution in [0.3, 0.4) is 0 Å². The summed E-state index contributed by atoms with van der Waals surface area (Å²) in [5.41, 5.74) is 3.76. The number of nitrogens with one attached hydrogen (secondary N) is 1. The third-order valence-electron chi connectivity index (χ3n) is 6.67. The second kappa shape index (κ2) is 10.2. The maximum Gasteiger partial charge on any atom is 0.251 e. The molecule has 1 unspecified atom stereocenters. The van der Waals surface area contributed by atoms with Crippen molar-refractivity contribution in [3.63, 3.8) is 0 Å². The van der Waals surface area contributed by atoms with Crippen LogP contribution >= 0.6 is 11.3 Å². The molecule has 34 heavy (non-hydrogen) atoms. The van der Waals surface area contributed by atoms with Crippen molar-refractivity contribution in [2.24, 2.45) is 0 Å². The fraction of sp³-hybridized carbons (Fsp3) is 0.407. The van der Waals surface area contributed by atoms with Crippen LogP contribution in [-0.4, -0.2) is 52.5 Å². The van der Waals surface area contributed by atoms with Crippen LogP contribution < -0.4 is 10.1 Å². The highest BCUT2D eigenvalue weighted by Gasteiger charge is 2.17. The molecule has 1 amide bonds. The van der Waals surface area contributed by atoms with E-state index in [9.17, 15) is 4.79 Å². The second-order valence-electron chi connectivity index (χ2n) is 9.01. The molecular weight excluding hydrogens is 444 g/mol. The number of hydrogen-bond acceptors (Lipinski definition) is 5. The molecule has 1 fully saturated rings. The number of rotatable bonds is 8. The maximum atomic E-state index is 12.7. The number of carbonyl (C=O) groups excluding carboxylic acids is 1. The Morgan fingerprint density at radius 3 is 2.85 bits per heavy atom. The predicted octanol–water partition coefficient (Wildman–Crippen LogP) is 5.61. The fourth-order valence-corrected chi connectivity index (χ4v) is 5.79. The highest BCUT2D eigenvalue weighted by atomic mass is 32.1. The quantitative estimate of drug-likeness (QED) is 0.336. The van der Waals surface area contributed by atoms with Gasteiger partial charge in [0, 0.05) is 36.5 Å². The molecule has 1 atom stereocenters. The summed E-state index contributed by atoms with van der Waals surface area (Å²) < 4.78 is 8.70. The van der Waals surface area contributed by atoms with Crippen LogP contribution in [0.1, 0.15) is 49.9 Å². The summed E-state index contributed by atoms with van der Waals surface area (Å²) in [5.74, 6) is 0.860. The Bertz CT molecular complexity index is 1280. The summed E-state index contributed by atoms with van der Waals surface area (Å²) in [4.78, 5) is 21.0. The second-order valence-corrected chi connectivity index (χ2v) is 10.0. The smallest absolute Gasteiger partial charge is 0.251 e. The van der Waals surface area contributed by atoms with E-state index in [1.54, 1.807) is 11.3 Å². The highest BCUT2D eigenvalue weighted by Crippen LogP contribution is 2.30. The maximum absolute atomic E-state index is 12.7. The summed E-state index contributed by atoms with van der Waals surface area (Å²) in [6.45, 7) is 7.90. The van der Waals surface area contributed by atoms with E-state index in [2.05, 4.69) is 27.7 Å². The zero-order valence-electron chi connectivity index (χ0n) is 19.9. The summed E-state index contributed by atoms with van der Waals surface area (Å²) in [7, 11) is 0. The normalized spacial score (nSPS) is 16.8. The zero-order chi connectivity index (χ0) is 23.5. The van der Waals surface area contributed by atoms with E-state index in [1.807, 2.05) is 49.4 Å². The first kappa shape index (κ1) is 22.9. The minimum absolute atomic E-state index is 0.00490. The van der Waals surface area contributed by atoms with Crippen LogP contribution in [-0.2, 0) is 0 Å². The first-order valence-electron chi connectivity index (χ1n) is 12.3. The lowest BCUT2D eigenvalue weighted by Crippen LogP contribution is -2.39. The number of fused-ring (bicyclic) bond motifs is 3. The third kappa shape index (κ3) is 4.81.